The Bertz CT molecular complexity index is 836. The lowest BCUT2D eigenvalue weighted by molar-refractivity contribution is -0.160. The van der Waals surface area contributed by atoms with Crippen molar-refractivity contribution in [1.82, 2.24) is 4.31 Å². The normalized spacial score (nSPS) is 20.8. The van der Waals surface area contributed by atoms with Crippen molar-refractivity contribution in [2.75, 3.05) is 20.3 Å². The van der Waals surface area contributed by atoms with Crippen LogP contribution in [0.3, 0.4) is 0 Å². The minimum Gasteiger partial charge on any atom is -0.497 e. The lowest BCUT2D eigenvalue weighted by Crippen LogP contribution is -2.51. The molecule has 0 aromatic heterocycles. The quantitative estimate of drug-likeness (QED) is 0.601. The fraction of sp³-hybridized carbons (Fsp3) is 0.682. The summed E-state index contributed by atoms with van der Waals surface area (Å²) in [5.74, 6) is 0.176. The highest BCUT2D eigenvalue weighted by Crippen LogP contribution is 2.34. The highest BCUT2D eigenvalue weighted by atomic mass is 32.2. The fourth-order valence-corrected chi connectivity index (χ4v) is 6.32. The molecule has 2 rings (SSSR count). The summed E-state index contributed by atoms with van der Waals surface area (Å²) in [6, 6.07) is 2.99. The standard InChI is InChI=1S/C22H35NO6S/c1-15-11-19(27-7)12-16(2)21(15)30(25,26)23-17(3)9-8-10-18(23)13-28-14-20(24)29-22(4,5)6/h11-12,17-18H,8-10,13-14H2,1-7H3/t17-,18-/m0/s1. The second kappa shape index (κ2) is 9.66. The third-order valence-corrected chi connectivity index (χ3v) is 7.48. The van der Waals surface area contributed by atoms with E-state index in [9.17, 15) is 13.2 Å². The molecule has 0 amide bonds. The largest absolute Gasteiger partial charge is 0.497 e. The van der Waals surface area contributed by atoms with Crippen molar-refractivity contribution < 1.29 is 27.4 Å². The number of sulfonamides is 1. The molecule has 0 spiro atoms. The van der Waals surface area contributed by atoms with E-state index in [1.807, 2.05) is 6.92 Å². The molecule has 1 aliphatic rings. The molecule has 0 radical (unpaired) electrons. The van der Waals surface area contributed by atoms with Crippen molar-refractivity contribution >= 4 is 16.0 Å². The van der Waals surface area contributed by atoms with Gasteiger partial charge in [-0.1, -0.05) is 6.42 Å². The second-order valence-electron chi connectivity index (χ2n) is 8.96. The van der Waals surface area contributed by atoms with Gasteiger partial charge in [-0.2, -0.15) is 4.31 Å². The zero-order valence-electron chi connectivity index (χ0n) is 19.1. The SMILES string of the molecule is COc1cc(C)c(S(=O)(=O)N2[C@H](COCC(=O)OC(C)(C)C)CCC[C@@H]2C)c(C)c1. The number of aryl methyl sites for hydroxylation is 2. The maximum atomic E-state index is 13.7. The van der Waals surface area contributed by atoms with Crippen molar-refractivity contribution in [3.05, 3.63) is 23.3 Å². The van der Waals surface area contributed by atoms with Crippen LogP contribution in [-0.4, -0.2) is 56.7 Å². The topological polar surface area (TPSA) is 82.1 Å². The van der Waals surface area contributed by atoms with Gasteiger partial charge < -0.3 is 14.2 Å². The molecule has 1 aromatic carbocycles. The molecule has 0 N–H and O–H groups in total. The summed E-state index contributed by atoms with van der Waals surface area (Å²) in [4.78, 5) is 12.2. The zero-order chi connectivity index (χ0) is 22.7. The van der Waals surface area contributed by atoms with Gasteiger partial charge in [-0.25, -0.2) is 13.2 Å². The summed E-state index contributed by atoms with van der Waals surface area (Å²) < 4.78 is 45.0. The smallest absolute Gasteiger partial charge is 0.332 e. The lowest BCUT2D eigenvalue weighted by Gasteiger charge is -2.39. The van der Waals surface area contributed by atoms with Crippen LogP contribution in [0.1, 0.15) is 58.1 Å². The zero-order valence-corrected chi connectivity index (χ0v) is 20.0. The van der Waals surface area contributed by atoms with Gasteiger partial charge in [-0.15, -0.1) is 0 Å². The number of methoxy groups -OCH3 is 1. The van der Waals surface area contributed by atoms with Crippen molar-refractivity contribution in [3.63, 3.8) is 0 Å². The van der Waals surface area contributed by atoms with Gasteiger partial charge in [0.1, 0.15) is 18.0 Å². The van der Waals surface area contributed by atoms with Crippen molar-refractivity contribution in [2.45, 2.75) is 83.4 Å². The average molecular weight is 442 g/mol. The maximum absolute atomic E-state index is 13.7. The van der Waals surface area contributed by atoms with Gasteiger partial charge in [0, 0.05) is 12.1 Å². The van der Waals surface area contributed by atoms with Crippen LogP contribution in [0.25, 0.3) is 0 Å². The van der Waals surface area contributed by atoms with E-state index >= 15 is 0 Å². The number of carbonyl (C=O) groups is 1. The van der Waals surface area contributed by atoms with E-state index in [-0.39, 0.29) is 25.3 Å². The van der Waals surface area contributed by atoms with Crippen LogP contribution < -0.4 is 4.74 Å². The number of nitrogens with zero attached hydrogens (tertiary/aromatic N) is 1. The molecular formula is C22H35NO6S. The van der Waals surface area contributed by atoms with Gasteiger partial charge in [-0.3, -0.25) is 0 Å². The Morgan fingerprint density at radius 2 is 1.77 bits per heavy atom. The number of piperidine rings is 1. The molecule has 170 valence electrons. The Hall–Kier alpha value is -1.64. The number of ether oxygens (including phenoxy) is 3. The van der Waals surface area contributed by atoms with Gasteiger partial charge >= 0.3 is 5.97 Å². The molecular weight excluding hydrogens is 406 g/mol. The summed E-state index contributed by atoms with van der Waals surface area (Å²) >= 11 is 0. The molecule has 0 saturated carbocycles. The lowest BCUT2D eigenvalue weighted by atomic mass is 10.0. The average Bonchev–Trinajstić information content (AvgIpc) is 2.58. The van der Waals surface area contributed by atoms with Crippen molar-refractivity contribution in [1.29, 1.82) is 0 Å². The van der Waals surface area contributed by atoms with Crippen LogP contribution in [0, 0.1) is 13.8 Å². The first-order valence-electron chi connectivity index (χ1n) is 10.3. The van der Waals surface area contributed by atoms with Crippen LogP contribution in [-0.2, 0) is 24.3 Å². The highest BCUT2D eigenvalue weighted by Gasteiger charge is 2.39. The first-order chi connectivity index (χ1) is 13.9. The molecule has 30 heavy (non-hydrogen) atoms. The number of benzene rings is 1. The third-order valence-electron chi connectivity index (χ3n) is 5.11. The van der Waals surface area contributed by atoms with E-state index in [0.29, 0.717) is 28.2 Å². The van der Waals surface area contributed by atoms with Gasteiger partial charge in [0.05, 0.1) is 18.6 Å². The highest BCUT2D eigenvalue weighted by molar-refractivity contribution is 7.89. The number of hydrogen-bond acceptors (Lipinski definition) is 6. The predicted molar refractivity (Wildman–Crippen MR) is 115 cm³/mol. The van der Waals surface area contributed by atoms with Crippen molar-refractivity contribution in [3.8, 4) is 5.75 Å². The summed E-state index contributed by atoms with van der Waals surface area (Å²) in [6.07, 6.45) is 2.39. The molecule has 2 atom stereocenters. The Labute approximate surface area is 180 Å². The molecule has 8 heteroatoms. The predicted octanol–water partition coefficient (Wildman–Crippen LogP) is 3.60. The molecule has 1 fully saturated rings. The molecule has 0 unspecified atom stereocenters. The van der Waals surface area contributed by atoms with Gasteiger partial charge in [-0.05, 0) is 77.6 Å². The molecule has 0 aliphatic carbocycles. The number of esters is 1. The monoisotopic (exact) mass is 441 g/mol. The van der Waals surface area contributed by atoms with Crippen molar-refractivity contribution in [2.24, 2.45) is 0 Å². The van der Waals surface area contributed by atoms with E-state index in [2.05, 4.69) is 0 Å². The molecule has 1 saturated heterocycles. The van der Waals surface area contributed by atoms with Gasteiger partial charge in [0.2, 0.25) is 10.0 Å². The molecule has 1 aromatic rings. The van der Waals surface area contributed by atoms with E-state index in [1.165, 1.54) is 0 Å². The number of carbonyl (C=O) groups excluding carboxylic acids is 1. The molecule has 0 bridgehead atoms. The summed E-state index contributed by atoms with van der Waals surface area (Å²) in [7, 11) is -2.18. The summed E-state index contributed by atoms with van der Waals surface area (Å²) in [5, 5.41) is 0. The number of hydrogen-bond donors (Lipinski definition) is 0. The van der Waals surface area contributed by atoms with Gasteiger partial charge in [0.25, 0.3) is 0 Å². The molecule has 7 nitrogen and oxygen atoms in total. The summed E-state index contributed by atoms with van der Waals surface area (Å²) in [5.41, 5.74) is 0.717. The van der Waals surface area contributed by atoms with Gasteiger partial charge in [0.15, 0.2) is 0 Å². The minimum absolute atomic E-state index is 0.150. The first kappa shape index (κ1) is 24.6. The van der Waals surface area contributed by atoms with E-state index in [4.69, 9.17) is 14.2 Å². The van der Waals surface area contributed by atoms with Crippen LogP contribution in [0.5, 0.6) is 5.75 Å². The Kier molecular flexibility index (Phi) is 7.93. The first-order valence-corrected chi connectivity index (χ1v) is 11.8. The van der Waals surface area contributed by atoms with Crippen LogP contribution >= 0.6 is 0 Å². The maximum Gasteiger partial charge on any atom is 0.332 e. The Balaban J connectivity index is 2.22. The Morgan fingerprint density at radius 3 is 2.30 bits per heavy atom. The van der Waals surface area contributed by atoms with E-state index in [0.717, 1.165) is 12.8 Å². The fourth-order valence-electron chi connectivity index (χ4n) is 4.04. The minimum atomic E-state index is -3.74. The molecule has 1 heterocycles. The third kappa shape index (κ3) is 5.95. The van der Waals surface area contributed by atoms with Crippen LogP contribution in [0.2, 0.25) is 0 Å². The van der Waals surface area contributed by atoms with E-state index in [1.54, 1.807) is 58.2 Å². The molecule has 1 aliphatic heterocycles. The summed E-state index contributed by atoms with van der Waals surface area (Å²) in [6.45, 7) is 10.8. The van der Waals surface area contributed by atoms with Crippen LogP contribution in [0.4, 0.5) is 0 Å². The van der Waals surface area contributed by atoms with Crippen LogP contribution in [0.15, 0.2) is 17.0 Å². The second-order valence-corrected chi connectivity index (χ2v) is 10.7. The number of rotatable bonds is 7. The Morgan fingerprint density at radius 1 is 1.17 bits per heavy atom. The van der Waals surface area contributed by atoms with E-state index < -0.39 is 21.6 Å².